The Morgan fingerprint density at radius 1 is 1.08 bits per heavy atom. The van der Waals surface area contributed by atoms with Crippen molar-refractivity contribution in [2.45, 2.75) is 50.4 Å². The molecule has 1 aliphatic carbocycles. The van der Waals surface area contributed by atoms with Crippen molar-refractivity contribution in [3.63, 3.8) is 0 Å². The monoisotopic (exact) mass is 495 g/mol. The topological polar surface area (TPSA) is 117 Å². The molecule has 1 amide bonds. The van der Waals surface area contributed by atoms with Gasteiger partial charge in [0.25, 0.3) is 0 Å². The van der Waals surface area contributed by atoms with E-state index in [2.05, 4.69) is 16.4 Å². The summed E-state index contributed by atoms with van der Waals surface area (Å²) in [7, 11) is 0. The number of carbonyl (C=O) groups excluding carboxylic acids is 2. The van der Waals surface area contributed by atoms with Gasteiger partial charge in [0.1, 0.15) is 24.3 Å². The predicted octanol–water partition coefficient (Wildman–Crippen LogP) is 3.56. The van der Waals surface area contributed by atoms with E-state index in [1.165, 1.54) is 0 Å². The Morgan fingerprint density at radius 3 is 2.86 bits per heavy atom. The van der Waals surface area contributed by atoms with Crippen molar-refractivity contribution in [3.05, 3.63) is 71.5 Å². The smallest absolute Gasteiger partial charge is 0.416 e. The van der Waals surface area contributed by atoms with E-state index >= 15 is 0 Å². The number of hydrogen-bond acceptors (Lipinski definition) is 8. The molecule has 0 spiro atoms. The van der Waals surface area contributed by atoms with Crippen molar-refractivity contribution in [2.24, 2.45) is 0 Å². The van der Waals surface area contributed by atoms with E-state index in [1.807, 2.05) is 36.4 Å². The first-order chi connectivity index (χ1) is 18.1. The van der Waals surface area contributed by atoms with Crippen LogP contribution in [0.15, 0.2) is 54.6 Å². The molecule has 1 aromatic carbocycles. The summed E-state index contributed by atoms with van der Waals surface area (Å²) in [6.45, 7) is 0.652. The Kier molecular flexibility index (Phi) is 6.02. The van der Waals surface area contributed by atoms with E-state index in [9.17, 15) is 14.9 Å². The minimum atomic E-state index is -0.403. The minimum absolute atomic E-state index is 0.0266. The second-order valence-electron chi connectivity index (χ2n) is 9.58. The second-order valence-corrected chi connectivity index (χ2v) is 9.58. The highest BCUT2D eigenvalue weighted by Gasteiger charge is 2.46. The number of ketones is 1. The van der Waals surface area contributed by atoms with Crippen LogP contribution in [-0.4, -0.2) is 46.6 Å². The van der Waals surface area contributed by atoms with Crippen LogP contribution in [0.5, 0.6) is 5.75 Å². The highest BCUT2D eigenvalue weighted by molar-refractivity contribution is 5.90. The molecule has 1 saturated heterocycles. The molecule has 2 aliphatic heterocycles. The number of ether oxygens (including phenoxy) is 2. The number of amides is 1. The molecule has 0 bridgehead atoms. The standard InChI is InChI=1S/C28H25N5O4/c29-14-17-3-1-4-18(11-17)22-6-2-5-20(31-22)15-30-19-7-8-24-26(12-19)37-28(35)33(24)27-10-9-25-23(32-27)13-21(34)16-36-25/h1-6,9-11,19,24,26,30H,7-8,12-13,15-16H2/t19-,24?,26-/m0/s1. The summed E-state index contributed by atoms with van der Waals surface area (Å²) in [5.74, 6) is 1.07. The van der Waals surface area contributed by atoms with Crippen molar-refractivity contribution in [3.8, 4) is 23.1 Å². The zero-order valence-corrected chi connectivity index (χ0v) is 20.1. The van der Waals surface area contributed by atoms with Gasteiger partial charge in [-0.3, -0.25) is 14.7 Å². The highest BCUT2D eigenvalue weighted by atomic mass is 16.6. The second kappa shape index (κ2) is 9.64. The molecule has 2 aromatic heterocycles. The van der Waals surface area contributed by atoms with Crippen LogP contribution in [0.2, 0.25) is 0 Å². The number of rotatable bonds is 5. The first-order valence-electron chi connectivity index (χ1n) is 12.4. The lowest BCUT2D eigenvalue weighted by Gasteiger charge is -2.33. The van der Waals surface area contributed by atoms with E-state index in [4.69, 9.17) is 14.5 Å². The maximum Gasteiger partial charge on any atom is 0.416 e. The Hall–Kier alpha value is -4.29. The Labute approximate surface area is 214 Å². The van der Waals surface area contributed by atoms with Gasteiger partial charge in [-0.25, -0.2) is 9.78 Å². The molecular weight excluding hydrogens is 470 g/mol. The quantitative estimate of drug-likeness (QED) is 0.571. The van der Waals surface area contributed by atoms with Crippen LogP contribution in [0.3, 0.4) is 0 Å². The summed E-state index contributed by atoms with van der Waals surface area (Å²) in [6, 6.07) is 19.1. The van der Waals surface area contributed by atoms with Crippen LogP contribution >= 0.6 is 0 Å². The fraction of sp³-hybridized carbons (Fsp3) is 0.321. The van der Waals surface area contributed by atoms with Gasteiger partial charge in [0, 0.05) is 24.6 Å². The van der Waals surface area contributed by atoms with E-state index in [0.29, 0.717) is 35.8 Å². The largest absolute Gasteiger partial charge is 0.484 e. The summed E-state index contributed by atoms with van der Waals surface area (Å²) in [4.78, 5) is 35.5. The van der Waals surface area contributed by atoms with Crippen molar-refractivity contribution >= 4 is 17.7 Å². The first-order valence-corrected chi connectivity index (χ1v) is 12.4. The van der Waals surface area contributed by atoms with Crippen molar-refractivity contribution < 1.29 is 19.1 Å². The summed E-state index contributed by atoms with van der Waals surface area (Å²) < 4.78 is 11.2. The number of hydrogen-bond donors (Lipinski definition) is 1. The van der Waals surface area contributed by atoms with Gasteiger partial charge < -0.3 is 14.8 Å². The van der Waals surface area contributed by atoms with Gasteiger partial charge in [-0.1, -0.05) is 18.2 Å². The van der Waals surface area contributed by atoms with Gasteiger partial charge in [0.15, 0.2) is 5.78 Å². The molecule has 0 radical (unpaired) electrons. The number of fused-ring (bicyclic) bond motifs is 2. The van der Waals surface area contributed by atoms with Crippen LogP contribution in [0.1, 0.15) is 36.2 Å². The Balaban J connectivity index is 1.10. The zero-order chi connectivity index (χ0) is 25.4. The number of nitrogens with one attached hydrogen (secondary N) is 1. The van der Waals surface area contributed by atoms with Gasteiger partial charge in [0.05, 0.1) is 41.2 Å². The molecule has 6 rings (SSSR count). The van der Waals surface area contributed by atoms with E-state index in [0.717, 1.165) is 29.8 Å². The predicted molar refractivity (Wildman–Crippen MR) is 134 cm³/mol. The van der Waals surface area contributed by atoms with Crippen molar-refractivity contribution in [1.29, 1.82) is 5.26 Å². The fourth-order valence-corrected chi connectivity index (χ4v) is 5.31. The molecule has 1 saturated carbocycles. The van der Waals surface area contributed by atoms with E-state index < -0.39 is 6.09 Å². The average Bonchev–Trinajstić information content (AvgIpc) is 3.26. The van der Waals surface area contributed by atoms with Crippen LogP contribution < -0.4 is 15.0 Å². The van der Waals surface area contributed by atoms with Gasteiger partial charge >= 0.3 is 6.09 Å². The van der Waals surface area contributed by atoms with E-state index in [-0.39, 0.29) is 37.0 Å². The van der Waals surface area contributed by atoms with Crippen LogP contribution in [0.25, 0.3) is 11.3 Å². The molecule has 186 valence electrons. The molecule has 3 atom stereocenters. The third-order valence-electron chi connectivity index (χ3n) is 7.12. The third-order valence-corrected chi connectivity index (χ3v) is 7.12. The van der Waals surface area contributed by atoms with Gasteiger partial charge in [0.2, 0.25) is 0 Å². The number of aromatic nitrogens is 2. The lowest BCUT2D eigenvalue weighted by Crippen LogP contribution is -2.46. The molecule has 1 unspecified atom stereocenters. The summed E-state index contributed by atoms with van der Waals surface area (Å²) >= 11 is 0. The highest BCUT2D eigenvalue weighted by Crippen LogP contribution is 2.36. The third kappa shape index (κ3) is 4.63. The Bertz CT molecular complexity index is 1420. The molecule has 9 nitrogen and oxygen atoms in total. The number of pyridine rings is 2. The summed E-state index contributed by atoms with van der Waals surface area (Å²) in [5.41, 5.74) is 3.81. The molecular formula is C28H25N5O4. The maximum absolute atomic E-state index is 12.8. The molecule has 3 aliphatic rings. The van der Waals surface area contributed by atoms with Crippen LogP contribution in [0.4, 0.5) is 10.6 Å². The number of nitriles is 1. The molecule has 3 aromatic rings. The summed E-state index contributed by atoms with van der Waals surface area (Å²) in [6.07, 6.45) is 1.93. The molecule has 9 heteroatoms. The van der Waals surface area contributed by atoms with Gasteiger partial charge in [-0.05, 0) is 49.2 Å². The van der Waals surface area contributed by atoms with Gasteiger partial charge in [-0.15, -0.1) is 0 Å². The molecule has 1 N–H and O–H groups in total. The van der Waals surface area contributed by atoms with Gasteiger partial charge in [-0.2, -0.15) is 5.26 Å². The Morgan fingerprint density at radius 2 is 1.97 bits per heavy atom. The maximum atomic E-state index is 12.8. The number of nitrogens with zero attached hydrogens (tertiary/aromatic N) is 4. The molecule has 4 heterocycles. The lowest BCUT2D eigenvalue weighted by atomic mass is 9.88. The van der Waals surface area contributed by atoms with Crippen LogP contribution in [-0.2, 0) is 22.5 Å². The summed E-state index contributed by atoms with van der Waals surface area (Å²) in [5, 5.41) is 12.7. The fourth-order valence-electron chi connectivity index (χ4n) is 5.31. The number of Topliss-reactive ketones (excluding diaryl/α,β-unsaturated/α-hetero) is 1. The minimum Gasteiger partial charge on any atom is -0.484 e. The number of anilines is 1. The van der Waals surface area contributed by atoms with Crippen molar-refractivity contribution in [1.82, 2.24) is 15.3 Å². The first kappa shape index (κ1) is 23.1. The lowest BCUT2D eigenvalue weighted by molar-refractivity contribution is -0.121. The number of benzene rings is 1. The van der Waals surface area contributed by atoms with Crippen molar-refractivity contribution in [2.75, 3.05) is 11.5 Å². The average molecular weight is 496 g/mol. The van der Waals surface area contributed by atoms with Crippen LogP contribution in [0, 0.1) is 11.3 Å². The molecule has 2 fully saturated rings. The molecule has 37 heavy (non-hydrogen) atoms. The SMILES string of the molecule is N#Cc1cccc(-c2cccc(CN[C@H]3CCC4[C@H](C3)OC(=O)N4c3ccc4c(n3)CC(=O)CO4)n2)c1. The normalized spacial score (nSPS) is 22.5. The van der Waals surface area contributed by atoms with E-state index in [1.54, 1.807) is 23.1 Å². The number of carbonyl (C=O) groups is 2. The zero-order valence-electron chi connectivity index (χ0n) is 20.1.